The van der Waals surface area contributed by atoms with Gasteiger partial charge in [-0.15, -0.1) is 0 Å². The molecule has 0 aromatic heterocycles. The Labute approximate surface area is 318 Å². The molecule has 14 heteroatoms. The smallest absolute Gasteiger partial charge is 0.243 e. The Morgan fingerprint density at radius 2 is 1.28 bits per heavy atom. The van der Waals surface area contributed by atoms with Crippen molar-refractivity contribution in [2.75, 3.05) is 32.8 Å². The molecule has 14 nitrogen and oxygen atoms in total. The lowest BCUT2D eigenvalue weighted by Gasteiger charge is -2.41. The summed E-state index contributed by atoms with van der Waals surface area (Å²) in [4.78, 5) is 57.2. The molecule has 3 rings (SSSR count). The number of nitrogens with one attached hydrogen (secondary N) is 5. The lowest BCUT2D eigenvalue weighted by molar-refractivity contribution is -0.259. The first-order valence-electron chi connectivity index (χ1n) is 18.8. The zero-order chi connectivity index (χ0) is 39.9. The zero-order valence-electron chi connectivity index (χ0n) is 32.2. The predicted octanol–water partition coefficient (Wildman–Crippen LogP) is 1.31. The van der Waals surface area contributed by atoms with Crippen LogP contribution in [0.5, 0.6) is 0 Å². The number of hydrogen-bond acceptors (Lipinski definition) is 10. The average molecular weight is 753 g/mol. The van der Waals surface area contributed by atoms with E-state index in [1.807, 2.05) is 55.1 Å². The number of carbonyl (C=O) groups is 4. The molecule has 298 valence electrons. The lowest BCUT2D eigenvalue weighted by Crippen LogP contribution is -2.67. The van der Waals surface area contributed by atoms with Crippen LogP contribution in [0.3, 0.4) is 0 Å². The van der Waals surface area contributed by atoms with E-state index in [4.69, 9.17) is 10.1 Å². The minimum Gasteiger partial charge on any atom is -0.379 e. The Morgan fingerprint density at radius 1 is 0.759 bits per heavy atom. The van der Waals surface area contributed by atoms with Crippen molar-refractivity contribution in [3.05, 3.63) is 71.8 Å². The monoisotopic (exact) mass is 752 g/mol. The van der Waals surface area contributed by atoms with Crippen molar-refractivity contribution >= 4 is 29.8 Å². The van der Waals surface area contributed by atoms with E-state index in [1.165, 1.54) is 0 Å². The van der Waals surface area contributed by atoms with Gasteiger partial charge in [0.15, 0.2) is 5.60 Å². The van der Waals surface area contributed by atoms with Gasteiger partial charge in [0, 0.05) is 25.7 Å². The molecule has 1 aliphatic rings. The van der Waals surface area contributed by atoms with E-state index >= 15 is 0 Å². The number of benzene rings is 2. The van der Waals surface area contributed by atoms with Gasteiger partial charge in [-0.25, -0.2) is 0 Å². The molecule has 0 radical (unpaired) electrons. The minimum absolute atomic E-state index is 0.0251. The summed E-state index contributed by atoms with van der Waals surface area (Å²) in [6.45, 7) is 10.8. The van der Waals surface area contributed by atoms with Gasteiger partial charge < -0.3 is 46.7 Å². The highest BCUT2D eigenvalue weighted by molar-refractivity contribution is 5.94. The molecule has 0 aliphatic carbocycles. The highest BCUT2D eigenvalue weighted by Gasteiger charge is 2.50. The molecule has 0 unspecified atom stereocenters. The predicted molar refractivity (Wildman–Crippen MR) is 205 cm³/mol. The normalized spacial score (nSPS) is 17.1. The maximum absolute atomic E-state index is 14.1. The van der Waals surface area contributed by atoms with E-state index < -0.39 is 53.3 Å². The molecule has 1 heterocycles. The van der Waals surface area contributed by atoms with Crippen LogP contribution in [0.4, 0.5) is 0 Å². The number of amides is 4. The Bertz CT molecular complexity index is 1500. The van der Waals surface area contributed by atoms with Crippen LogP contribution in [-0.4, -0.2) is 118 Å². The van der Waals surface area contributed by atoms with Crippen LogP contribution < -0.4 is 21.3 Å². The van der Waals surface area contributed by atoms with Gasteiger partial charge in [0.1, 0.15) is 18.1 Å². The summed E-state index contributed by atoms with van der Waals surface area (Å²) in [7, 11) is 0. The molecule has 4 amide bonds. The molecule has 1 fully saturated rings. The number of morpholine rings is 1. The van der Waals surface area contributed by atoms with Gasteiger partial charge in [-0.05, 0) is 55.6 Å². The number of nitrogens with zero attached hydrogens (tertiary/aromatic N) is 1. The first-order valence-corrected chi connectivity index (χ1v) is 18.8. The van der Waals surface area contributed by atoms with Crippen molar-refractivity contribution in [3.63, 3.8) is 0 Å². The van der Waals surface area contributed by atoms with Crippen LogP contribution in [0.2, 0.25) is 0 Å². The fraction of sp³-hybridized carbons (Fsp3) is 0.575. The van der Waals surface area contributed by atoms with Crippen LogP contribution in [0.1, 0.15) is 65.0 Å². The Balaban J connectivity index is 1.86. The van der Waals surface area contributed by atoms with Gasteiger partial charge >= 0.3 is 0 Å². The third-order valence-corrected chi connectivity index (χ3v) is 9.48. The second-order valence-corrected chi connectivity index (χ2v) is 15.2. The van der Waals surface area contributed by atoms with Crippen LogP contribution in [-0.2, 0) is 36.8 Å². The summed E-state index contributed by atoms with van der Waals surface area (Å²) in [5.41, 5.74) is -0.714. The Kier molecular flexibility index (Phi) is 17.2. The van der Waals surface area contributed by atoms with Crippen LogP contribution >= 0.6 is 0 Å². The molecular formula is C40H60N6O8. The SMILES string of the molecule is CC(C)C[C@H](NC(=O)[C@H](CCc1ccccc1)NC(=O)CN1CCOCC1)C(=O)N[C@@H](Cc1ccccc1)C(=O)N[C@@H](CC(C)C)C(O)(O)[C@](C)(O)C=N. The number of ether oxygens (including phenoxy) is 1. The van der Waals surface area contributed by atoms with Gasteiger partial charge in [-0.1, -0.05) is 88.4 Å². The quantitative estimate of drug-likeness (QED) is 0.0681. The fourth-order valence-electron chi connectivity index (χ4n) is 6.26. The van der Waals surface area contributed by atoms with Crippen LogP contribution in [0.15, 0.2) is 60.7 Å². The second kappa shape index (κ2) is 21.0. The van der Waals surface area contributed by atoms with E-state index in [-0.39, 0.29) is 50.0 Å². The molecule has 5 atom stereocenters. The van der Waals surface area contributed by atoms with Crippen molar-refractivity contribution in [3.8, 4) is 0 Å². The van der Waals surface area contributed by atoms with E-state index in [9.17, 15) is 34.5 Å². The lowest BCUT2D eigenvalue weighted by atomic mass is 9.85. The van der Waals surface area contributed by atoms with E-state index in [2.05, 4.69) is 21.3 Å². The van der Waals surface area contributed by atoms with Gasteiger partial charge in [0.2, 0.25) is 29.4 Å². The number of rotatable bonds is 21. The second-order valence-electron chi connectivity index (χ2n) is 15.2. The van der Waals surface area contributed by atoms with Gasteiger partial charge in [0.25, 0.3) is 0 Å². The van der Waals surface area contributed by atoms with Crippen LogP contribution in [0.25, 0.3) is 0 Å². The highest BCUT2D eigenvalue weighted by Crippen LogP contribution is 2.26. The van der Waals surface area contributed by atoms with Crippen molar-refractivity contribution in [1.82, 2.24) is 26.2 Å². The summed E-state index contributed by atoms with van der Waals surface area (Å²) < 4.78 is 5.39. The van der Waals surface area contributed by atoms with E-state index in [0.717, 1.165) is 12.5 Å². The van der Waals surface area contributed by atoms with Crippen molar-refractivity contribution < 1.29 is 39.2 Å². The standard InChI is InChI=1S/C40H60N6O8/c1-27(2)22-32(43-36(48)31(17-16-29-12-8-6-9-13-29)42-35(47)25-46-18-20-54-21-19-46)37(49)44-33(24-30-14-10-7-11-15-30)38(50)45-34(23-28(3)4)40(52,53)39(5,51)26-41/h6-15,26-28,31-34,41,51-53H,16-25H2,1-5H3,(H,42,47)(H,43,48)(H,44,49)(H,45,50)/t31-,32-,33-,34-,39+/m0/s1. The summed E-state index contributed by atoms with van der Waals surface area (Å²) >= 11 is 0. The van der Waals surface area contributed by atoms with Crippen molar-refractivity contribution in [2.45, 2.75) is 102 Å². The van der Waals surface area contributed by atoms with Gasteiger partial charge in [-0.2, -0.15) is 0 Å². The van der Waals surface area contributed by atoms with Gasteiger partial charge in [0.05, 0.1) is 25.8 Å². The highest BCUT2D eigenvalue weighted by atomic mass is 16.5. The Hall–Kier alpha value is -4.21. The molecule has 8 N–H and O–H groups in total. The van der Waals surface area contributed by atoms with E-state index in [0.29, 0.717) is 44.5 Å². The number of aryl methyl sites for hydroxylation is 1. The molecule has 2 aromatic carbocycles. The maximum Gasteiger partial charge on any atom is 0.243 e. The summed E-state index contributed by atoms with van der Waals surface area (Å²) in [6, 6.07) is 13.8. The van der Waals surface area contributed by atoms with E-state index in [1.54, 1.807) is 38.1 Å². The Morgan fingerprint density at radius 3 is 1.83 bits per heavy atom. The summed E-state index contributed by atoms with van der Waals surface area (Å²) in [5, 5.41) is 51.4. The summed E-state index contributed by atoms with van der Waals surface area (Å²) in [5.74, 6) is -5.39. The first-order chi connectivity index (χ1) is 25.5. The average Bonchev–Trinajstić information content (AvgIpc) is 3.13. The molecule has 0 saturated carbocycles. The zero-order valence-corrected chi connectivity index (χ0v) is 32.2. The number of aliphatic hydroxyl groups is 3. The van der Waals surface area contributed by atoms with Crippen molar-refractivity contribution in [2.24, 2.45) is 11.8 Å². The third-order valence-electron chi connectivity index (χ3n) is 9.48. The third kappa shape index (κ3) is 13.9. The van der Waals surface area contributed by atoms with Crippen molar-refractivity contribution in [1.29, 1.82) is 5.41 Å². The molecule has 0 spiro atoms. The number of carbonyl (C=O) groups excluding carboxylic acids is 4. The fourth-order valence-corrected chi connectivity index (χ4v) is 6.26. The molecule has 1 saturated heterocycles. The molecular weight excluding hydrogens is 692 g/mol. The maximum atomic E-state index is 14.1. The largest absolute Gasteiger partial charge is 0.379 e. The molecule has 1 aliphatic heterocycles. The molecule has 54 heavy (non-hydrogen) atoms. The number of hydrogen-bond donors (Lipinski definition) is 8. The topological polar surface area (TPSA) is 213 Å². The summed E-state index contributed by atoms with van der Waals surface area (Å²) in [6.07, 6.45) is 1.54. The molecule has 2 aromatic rings. The first kappa shape index (κ1) is 44.2. The van der Waals surface area contributed by atoms with Gasteiger partial charge in [-0.3, -0.25) is 24.1 Å². The van der Waals surface area contributed by atoms with Crippen LogP contribution in [0, 0.1) is 17.2 Å². The minimum atomic E-state index is -2.93. The molecule has 0 bridgehead atoms.